The Bertz CT molecular complexity index is 133. The van der Waals surface area contributed by atoms with Crippen LogP contribution in [0, 0.1) is 0 Å². The largest absolute Gasteiger partial charge is 0.385 e. The van der Waals surface area contributed by atoms with Crippen LogP contribution in [0.25, 0.3) is 0 Å². The van der Waals surface area contributed by atoms with Crippen LogP contribution in [0.1, 0.15) is 13.3 Å². The van der Waals surface area contributed by atoms with Gasteiger partial charge in [-0.05, 0) is 19.5 Å². The average molecular weight is 249 g/mol. The topological polar surface area (TPSA) is 12.0 Å². The van der Waals surface area contributed by atoms with E-state index in [0.29, 0.717) is 9.97 Å². The van der Waals surface area contributed by atoms with Crippen molar-refractivity contribution in [3.05, 3.63) is 24.4 Å². The third-order valence-corrected chi connectivity index (χ3v) is 2.37. The summed E-state index contributed by atoms with van der Waals surface area (Å²) in [5.74, 6) is 0. The van der Waals surface area contributed by atoms with E-state index in [1.54, 1.807) is 0 Å². The molecule has 1 aliphatic rings. The third kappa shape index (κ3) is 2.73. The van der Waals surface area contributed by atoms with Crippen molar-refractivity contribution < 1.29 is 0 Å². The Morgan fingerprint density at radius 2 is 2.30 bits per heavy atom. The second kappa shape index (κ2) is 4.01. The van der Waals surface area contributed by atoms with Crippen molar-refractivity contribution in [1.29, 1.82) is 0 Å². The minimum Gasteiger partial charge on any atom is -0.385 e. The van der Waals surface area contributed by atoms with Crippen LogP contribution in [0.15, 0.2) is 24.4 Å². The highest BCUT2D eigenvalue weighted by Gasteiger charge is 1.99. The van der Waals surface area contributed by atoms with Crippen LogP contribution in [0.2, 0.25) is 0 Å². The molecule has 0 saturated carbocycles. The lowest BCUT2D eigenvalue weighted by Crippen LogP contribution is -2.18. The number of allylic oxidation sites excluding steroid dienone is 2. The highest BCUT2D eigenvalue weighted by Crippen LogP contribution is 2.09. The summed E-state index contributed by atoms with van der Waals surface area (Å²) in [6, 6.07) is 0.486. The fourth-order valence-electron chi connectivity index (χ4n) is 0.859. The summed E-state index contributed by atoms with van der Waals surface area (Å²) in [7, 11) is 0. The molecule has 56 valence electrons. The Labute approximate surface area is 75.7 Å². The van der Waals surface area contributed by atoms with Gasteiger partial charge in [-0.3, -0.25) is 0 Å². The van der Waals surface area contributed by atoms with Crippen molar-refractivity contribution in [2.75, 3.05) is 0 Å². The summed E-state index contributed by atoms with van der Waals surface area (Å²) in [6.07, 6.45) is 9.84. The zero-order chi connectivity index (χ0) is 7.40. The van der Waals surface area contributed by atoms with E-state index in [9.17, 15) is 0 Å². The van der Waals surface area contributed by atoms with Crippen LogP contribution in [-0.4, -0.2) is 9.97 Å². The maximum absolute atomic E-state index is 3.24. The molecule has 1 aliphatic heterocycles. The Balaban J connectivity index is 2.48. The summed E-state index contributed by atoms with van der Waals surface area (Å²) in [5, 5.41) is 3.24. The molecule has 0 spiro atoms. The zero-order valence-corrected chi connectivity index (χ0v) is 8.21. The van der Waals surface area contributed by atoms with Crippen molar-refractivity contribution in [2.24, 2.45) is 0 Å². The summed E-state index contributed by atoms with van der Waals surface area (Å²) in [6.45, 7) is 2.15. The molecule has 2 heteroatoms. The highest BCUT2D eigenvalue weighted by atomic mass is 127. The highest BCUT2D eigenvalue weighted by molar-refractivity contribution is 14.1. The summed E-state index contributed by atoms with van der Waals surface area (Å²) < 4.78 is 0.647. The molecule has 0 aliphatic carbocycles. The van der Waals surface area contributed by atoms with Crippen molar-refractivity contribution in [2.45, 2.75) is 23.3 Å². The molecule has 1 nitrogen and oxygen atoms in total. The van der Waals surface area contributed by atoms with Crippen LogP contribution in [0.4, 0.5) is 0 Å². The van der Waals surface area contributed by atoms with Crippen LogP contribution >= 0.6 is 22.6 Å². The van der Waals surface area contributed by atoms with Gasteiger partial charge in [0.2, 0.25) is 0 Å². The molecule has 1 N–H and O–H groups in total. The first-order valence-corrected chi connectivity index (χ1v) is 4.77. The molecule has 1 rings (SSSR count). The van der Waals surface area contributed by atoms with E-state index >= 15 is 0 Å². The zero-order valence-electron chi connectivity index (χ0n) is 6.05. The minimum absolute atomic E-state index is 0.486. The lowest BCUT2D eigenvalue weighted by atomic mass is 10.2. The third-order valence-electron chi connectivity index (χ3n) is 1.45. The first kappa shape index (κ1) is 8.11. The standard InChI is InChI=1S/C8H12IN/c1-7-3-2-4-8(9)5-6-10-7/h2-3,5-8,10H,4H2,1H3/b3-2-,6-5-/t7-,8?/m0/s1. The molecule has 0 radical (unpaired) electrons. The summed E-state index contributed by atoms with van der Waals surface area (Å²) in [4.78, 5) is 0. The van der Waals surface area contributed by atoms with Crippen molar-refractivity contribution in [1.82, 2.24) is 5.32 Å². The monoisotopic (exact) mass is 249 g/mol. The first-order chi connectivity index (χ1) is 4.79. The van der Waals surface area contributed by atoms with Gasteiger partial charge in [0.1, 0.15) is 0 Å². The minimum atomic E-state index is 0.486. The van der Waals surface area contributed by atoms with E-state index in [4.69, 9.17) is 0 Å². The average Bonchev–Trinajstić information content (AvgIpc) is 1.84. The van der Waals surface area contributed by atoms with E-state index in [2.05, 4.69) is 53.1 Å². The Hall–Kier alpha value is 0.01000. The molecule has 0 aromatic rings. The number of alkyl halides is 1. The molecule has 0 aromatic carbocycles. The van der Waals surface area contributed by atoms with Gasteiger partial charge < -0.3 is 5.32 Å². The number of halogens is 1. The van der Waals surface area contributed by atoms with Gasteiger partial charge in [-0.15, -0.1) is 0 Å². The van der Waals surface area contributed by atoms with Crippen molar-refractivity contribution in [3.8, 4) is 0 Å². The molecular formula is C8H12IN. The SMILES string of the molecule is C[C@H]1/C=C\CC(I)/C=C\N1. The van der Waals surface area contributed by atoms with Gasteiger partial charge in [-0.2, -0.15) is 0 Å². The van der Waals surface area contributed by atoms with E-state index in [-0.39, 0.29) is 0 Å². The number of hydrogen-bond donors (Lipinski definition) is 1. The molecule has 1 heterocycles. The smallest absolute Gasteiger partial charge is 0.0410 e. The second-order valence-corrected chi connectivity index (χ2v) is 4.09. The van der Waals surface area contributed by atoms with Gasteiger partial charge in [-0.1, -0.05) is 40.8 Å². The molecule has 0 amide bonds. The van der Waals surface area contributed by atoms with Crippen molar-refractivity contribution in [3.63, 3.8) is 0 Å². The molecule has 0 saturated heterocycles. The molecule has 10 heavy (non-hydrogen) atoms. The van der Waals surface area contributed by atoms with Gasteiger partial charge in [0, 0.05) is 9.97 Å². The fourth-order valence-corrected chi connectivity index (χ4v) is 1.36. The first-order valence-electron chi connectivity index (χ1n) is 3.52. The van der Waals surface area contributed by atoms with Crippen LogP contribution in [0.3, 0.4) is 0 Å². The lowest BCUT2D eigenvalue weighted by molar-refractivity contribution is 0.756. The van der Waals surface area contributed by atoms with E-state index in [0.717, 1.165) is 6.42 Å². The summed E-state index contributed by atoms with van der Waals surface area (Å²) >= 11 is 2.43. The predicted octanol–water partition coefficient (Wildman–Crippen LogP) is 2.24. The predicted molar refractivity (Wildman–Crippen MR) is 53.3 cm³/mol. The Morgan fingerprint density at radius 3 is 3.10 bits per heavy atom. The Kier molecular flexibility index (Phi) is 3.25. The number of rotatable bonds is 0. The van der Waals surface area contributed by atoms with E-state index in [1.807, 2.05) is 6.20 Å². The molecular weight excluding hydrogens is 237 g/mol. The van der Waals surface area contributed by atoms with Gasteiger partial charge >= 0.3 is 0 Å². The van der Waals surface area contributed by atoms with E-state index in [1.165, 1.54) is 0 Å². The van der Waals surface area contributed by atoms with E-state index < -0.39 is 0 Å². The fraction of sp³-hybridized carbons (Fsp3) is 0.500. The Morgan fingerprint density at radius 1 is 1.50 bits per heavy atom. The molecule has 0 aromatic heterocycles. The van der Waals surface area contributed by atoms with Crippen LogP contribution < -0.4 is 5.32 Å². The molecule has 1 unspecified atom stereocenters. The maximum atomic E-state index is 3.24. The number of nitrogens with one attached hydrogen (secondary N) is 1. The lowest BCUT2D eigenvalue weighted by Gasteiger charge is -2.10. The molecule has 2 atom stereocenters. The second-order valence-electron chi connectivity index (χ2n) is 2.49. The molecule has 0 fully saturated rings. The quantitative estimate of drug-likeness (QED) is 0.394. The molecule has 0 bridgehead atoms. The van der Waals surface area contributed by atoms with Crippen LogP contribution in [0.5, 0.6) is 0 Å². The van der Waals surface area contributed by atoms with Gasteiger partial charge in [0.05, 0.1) is 0 Å². The van der Waals surface area contributed by atoms with Crippen LogP contribution in [-0.2, 0) is 0 Å². The van der Waals surface area contributed by atoms with Gasteiger partial charge in [0.15, 0.2) is 0 Å². The van der Waals surface area contributed by atoms with Crippen molar-refractivity contribution >= 4 is 22.6 Å². The summed E-state index contributed by atoms with van der Waals surface area (Å²) in [5.41, 5.74) is 0. The normalized spacial score (nSPS) is 39.0. The number of hydrogen-bond acceptors (Lipinski definition) is 1. The maximum Gasteiger partial charge on any atom is 0.0410 e. The van der Waals surface area contributed by atoms with Gasteiger partial charge in [-0.25, -0.2) is 0 Å². The van der Waals surface area contributed by atoms with Gasteiger partial charge in [0.25, 0.3) is 0 Å².